The van der Waals surface area contributed by atoms with Gasteiger partial charge in [-0.3, -0.25) is 0 Å². The zero-order chi connectivity index (χ0) is 9.03. The van der Waals surface area contributed by atoms with Crippen molar-refractivity contribution >= 4 is 9.84 Å². The minimum atomic E-state index is -2.99. The molecule has 1 aliphatic heterocycles. The maximum absolute atomic E-state index is 10.7. The van der Waals surface area contributed by atoms with Gasteiger partial charge in [0.25, 0.3) is 0 Å². The fourth-order valence-corrected chi connectivity index (χ4v) is 1.41. The van der Waals surface area contributed by atoms with Crippen LogP contribution in [-0.2, 0) is 9.84 Å². The summed E-state index contributed by atoms with van der Waals surface area (Å²) in [6.45, 7) is 1.99. The second kappa shape index (κ2) is 3.91. The maximum Gasteiger partial charge on any atom is 0.170 e. The van der Waals surface area contributed by atoms with Gasteiger partial charge in [-0.2, -0.15) is 0 Å². The van der Waals surface area contributed by atoms with Gasteiger partial charge in [0.05, 0.1) is 0 Å². The van der Waals surface area contributed by atoms with Gasteiger partial charge < -0.3 is 5.43 Å². The van der Waals surface area contributed by atoms with Gasteiger partial charge in [0.1, 0.15) is 0 Å². The van der Waals surface area contributed by atoms with Crippen molar-refractivity contribution in [3.05, 3.63) is 11.6 Å². The molecule has 1 saturated heterocycles. The Morgan fingerprint density at radius 1 is 1.33 bits per heavy atom. The van der Waals surface area contributed by atoms with Crippen LogP contribution in [0.25, 0.3) is 0 Å². The lowest BCUT2D eigenvalue weighted by molar-refractivity contribution is 0.279. The van der Waals surface area contributed by atoms with E-state index in [0.29, 0.717) is 0 Å². The number of hydrogen-bond acceptors (Lipinski definition) is 4. The molecule has 0 amide bonds. The van der Waals surface area contributed by atoms with Gasteiger partial charge in [-0.1, -0.05) is 0 Å². The Morgan fingerprint density at radius 3 is 2.42 bits per heavy atom. The predicted octanol–water partition coefficient (Wildman–Crippen LogP) is 0.103. The summed E-state index contributed by atoms with van der Waals surface area (Å²) in [5.41, 5.74) is 2.91. The van der Waals surface area contributed by atoms with E-state index in [2.05, 4.69) is 5.43 Å². The Hall–Kier alpha value is -0.550. The maximum atomic E-state index is 10.7. The third-order valence-corrected chi connectivity index (χ3v) is 2.31. The van der Waals surface area contributed by atoms with Crippen molar-refractivity contribution in [2.24, 2.45) is 0 Å². The van der Waals surface area contributed by atoms with Crippen molar-refractivity contribution < 1.29 is 8.42 Å². The third kappa shape index (κ3) is 3.73. The Morgan fingerprint density at radius 2 is 1.92 bits per heavy atom. The summed E-state index contributed by atoms with van der Waals surface area (Å²) in [5, 5.41) is 3.17. The molecule has 0 aromatic rings. The molecule has 0 radical (unpaired) electrons. The van der Waals surface area contributed by atoms with Gasteiger partial charge in [0.2, 0.25) is 0 Å². The molecule has 1 aliphatic rings. The first kappa shape index (κ1) is 9.54. The summed E-state index contributed by atoms with van der Waals surface area (Å²) in [7, 11) is -2.99. The lowest BCUT2D eigenvalue weighted by Gasteiger charge is -2.13. The zero-order valence-electron chi connectivity index (χ0n) is 7.16. The first-order valence-corrected chi connectivity index (χ1v) is 5.91. The first-order chi connectivity index (χ1) is 5.58. The molecule has 0 saturated carbocycles. The van der Waals surface area contributed by atoms with Crippen molar-refractivity contribution in [1.82, 2.24) is 10.4 Å². The van der Waals surface area contributed by atoms with Crippen molar-refractivity contribution in [1.29, 1.82) is 0 Å². The molecule has 1 rings (SSSR count). The average molecular weight is 190 g/mol. The molecule has 1 fully saturated rings. The fraction of sp³-hybridized carbons (Fsp3) is 0.714. The molecule has 0 aliphatic carbocycles. The van der Waals surface area contributed by atoms with E-state index in [1.165, 1.54) is 30.7 Å². The van der Waals surface area contributed by atoms with E-state index in [4.69, 9.17) is 0 Å². The van der Waals surface area contributed by atoms with Crippen molar-refractivity contribution in [2.45, 2.75) is 12.8 Å². The molecular weight excluding hydrogens is 176 g/mol. The molecule has 12 heavy (non-hydrogen) atoms. The lowest BCUT2D eigenvalue weighted by Crippen LogP contribution is -2.30. The van der Waals surface area contributed by atoms with Crippen LogP contribution >= 0.6 is 0 Å². The van der Waals surface area contributed by atoms with Gasteiger partial charge in [0, 0.05) is 31.0 Å². The number of nitrogens with one attached hydrogen (secondary N) is 1. The molecule has 1 N–H and O–H groups in total. The van der Waals surface area contributed by atoms with E-state index in [1.807, 2.05) is 5.01 Å². The van der Waals surface area contributed by atoms with Gasteiger partial charge in [0.15, 0.2) is 9.84 Å². The van der Waals surface area contributed by atoms with Crippen LogP contribution in [-0.4, -0.2) is 32.8 Å². The van der Waals surface area contributed by atoms with E-state index >= 15 is 0 Å². The zero-order valence-corrected chi connectivity index (χ0v) is 7.97. The van der Waals surface area contributed by atoms with Crippen LogP contribution in [0.2, 0.25) is 0 Å². The molecule has 0 unspecified atom stereocenters. The molecule has 0 aromatic carbocycles. The van der Waals surface area contributed by atoms with Crippen LogP contribution in [0.5, 0.6) is 0 Å². The molecule has 4 nitrogen and oxygen atoms in total. The normalized spacial score (nSPS) is 20.4. The molecule has 0 atom stereocenters. The van der Waals surface area contributed by atoms with Gasteiger partial charge in [-0.15, -0.1) is 0 Å². The summed E-state index contributed by atoms with van der Waals surface area (Å²) in [5.74, 6) is 0. The Balaban J connectivity index is 2.29. The smallest absolute Gasteiger partial charge is 0.170 e. The van der Waals surface area contributed by atoms with E-state index in [0.717, 1.165) is 13.1 Å². The van der Waals surface area contributed by atoms with Crippen molar-refractivity contribution in [2.75, 3.05) is 19.3 Å². The minimum Gasteiger partial charge on any atom is -0.325 e. The Labute approximate surface area is 73.1 Å². The Kier molecular flexibility index (Phi) is 3.11. The van der Waals surface area contributed by atoms with Crippen LogP contribution in [0.1, 0.15) is 12.8 Å². The highest BCUT2D eigenvalue weighted by atomic mass is 32.2. The lowest BCUT2D eigenvalue weighted by atomic mass is 10.4. The topological polar surface area (TPSA) is 49.4 Å². The van der Waals surface area contributed by atoms with Crippen LogP contribution in [0.4, 0.5) is 0 Å². The highest BCUT2D eigenvalue weighted by molar-refractivity contribution is 7.93. The van der Waals surface area contributed by atoms with Gasteiger partial charge >= 0.3 is 0 Å². The summed E-state index contributed by atoms with van der Waals surface area (Å²) in [6, 6.07) is 0. The summed E-state index contributed by atoms with van der Waals surface area (Å²) in [4.78, 5) is 0. The predicted molar refractivity (Wildman–Crippen MR) is 47.9 cm³/mol. The number of nitrogens with zero attached hydrogens (tertiary/aromatic N) is 1. The Bertz CT molecular complexity index is 253. The van der Waals surface area contributed by atoms with Crippen LogP contribution in [0.15, 0.2) is 11.6 Å². The molecule has 5 heteroatoms. The summed E-state index contributed by atoms with van der Waals surface area (Å²) >= 11 is 0. The first-order valence-electron chi connectivity index (χ1n) is 3.96. The van der Waals surface area contributed by atoms with Crippen molar-refractivity contribution in [3.63, 3.8) is 0 Å². The number of hydrogen-bond donors (Lipinski definition) is 1. The molecule has 70 valence electrons. The summed E-state index contributed by atoms with van der Waals surface area (Å²) in [6.07, 6.45) is 5.01. The van der Waals surface area contributed by atoms with Crippen LogP contribution in [0.3, 0.4) is 0 Å². The van der Waals surface area contributed by atoms with Crippen LogP contribution < -0.4 is 5.43 Å². The third-order valence-electron chi connectivity index (χ3n) is 1.68. The number of hydrazine groups is 1. The molecule has 0 bridgehead atoms. The van der Waals surface area contributed by atoms with Crippen LogP contribution in [0, 0.1) is 0 Å². The monoisotopic (exact) mass is 190 g/mol. The second-order valence-electron chi connectivity index (χ2n) is 2.96. The van der Waals surface area contributed by atoms with Crippen molar-refractivity contribution in [3.8, 4) is 0 Å². The molecule has 1 heterocycles. The van der Waals surface area contributed by atoms with E-state index in [9.17, 15) is 8.42 Å². The van der Waals surface area contributed by atoms with E-state index < -0.39 is 9.84 Å². The SMILES string of the molecule is CS(=O)(=O)C=CNN1CCCC1. The standard InChI is InChI=1S/C7H14N2O2S/c1-12(10,11)7-4-8-9-5-2-3-6-9/h4,7-8H,2-3,5-6H2,1H3. The summed E-state index contributed by atoms with van der Waals surface area (Å²) < 4.78 is 21.3. The largest absolute Gasteiger partial charge is 0.325 e. The second-order valence-corrected chi connectivity index (χ2v) is 4.89. The molecule has 0 aromatic heterocycles. The quantitative estimate of drug-likeness (QED) is 0.686. The molecular formula is C7H14N2O2S. The fourth-order valence-electron chi connectivity index (χ4n) is 1.11. The average Bonchev–Trinajstić information content (AvgIpc) is 2.36. The van der Waals surface area contributed by atoms with E-state index in [-0.39, 0.29) is 0 Å². The minimum absolute atomic E-state index is 0.994. The van der Waals surface area contributed by atoms with Gasteiger partial charge in [-0.25, -0.2) is 13.4 Å². The van der Waals surface area contributed by atoms with Gasteiger partial charge in [-0.05, 0) is 12.8 Å². The highest BCUT2D eigenvalue weighted by Crippen LogP contribution is 2.03. The molecule has 0 spiro atoms. The number of rotatable bonds is 3. The number of sulfone groups is 1. The highest BCUT2D eigenvalue weighted by Gasteiger charge is 2.08. The van der Waals surface area contributed by atoms with E-state index in [1.54, 1.807) is 0 Å².